The molecule has 20 heavy (non-hydrogen) atoms. The molecule has 0 saturated heterocycles. The van der Waals surface area contributed by atoms with Gasteiger partial charge in [0.05, 0.1) is 12.7 Å². The summed E-state index contributed by atoms with van der Waals surface area (Å²) in [5.74, 6) is -0.0274. The van der Waals surface area contributed by atoms with Crippen LogP contribution in [0, 0.1) is 0 Å². The molecule has 0 radical (unpaired) electrons. The Kier molecular flexibility index (Phi) is 3.46. The second-order valence-corrected chi connectivity index (χ2v) is 4.57. The molecular weight excluding hydrogens is 252 g/mol. The van der Waals surface area contributed by atoms with Gasteiger partial charge >= 0.3 is 0 Å². The monoisotopic (exact) mass is 266 g/mol. The molecule has 2 heterocycles. The first-order valence-electron chi connectivity index (χ1n) is 6.43. The largest absolute Gasteiger partial charge is 0.464 e. The van der Waals surface area contributed by atoms with Crippen LogP contribution in [0.2, 0.25) is 0 Å². The molecule has 3 aromatic rings. The number of pyridine rings is 1. The zero-order chi connectivity index (χ0) is 13.8. The van der Waals surface area contributed by atoms with E-state index in [1.54, 1.807) is 18.7 Å². The van der Waals surface area contributed by atoms with Crippen molar-refractivity contribution in [3.63, 3.8) is 0 Å². The molecule has 0 aliphatic heterocycles. The van der Waals surface area contributed by atoms with E-state index in [0.717, 1.165) is 22.1 Å². The van der Waals surface area contributed by atoms with Gasteiger partial charge < -0.3 is 9.73 Å². The molecule has 0 fully saturated rings. The fourth-order valence-electron chi connectivity index (χ4n) is 2.11. The number of fused-ring (bicyclic) bond motifs is 1. The van der Waals surface area contributed by atoms with Crippen molar-refractivity contribution < 1.29 is 9.21 Å². The number of nitrogens with one attached hydrogen (secondary N) is 1. The van der Waals surface area contributed by atoms with Gasteiger partial charge in [0.1, 0.15) is 5.58 Å². The lowest BCUT2D eigenvalue weighted by atomic mass is 10.1. The minimum absolute atomic E-state index is 0.0274. The predicted molar refractivity (Wildman–Crippen MR) is 76.0 cm³/mol. The molecule has 4 heteroatoms. The Morgan fingerprint density at radius 2 is 2.10 bits per heavy atom. The van der Waals surface area contributed by atoms with Gasteiger partial charge in [-0.1, -0.05) is 24.3 Å². The van der Waals surface area contributed by atoms with Crippen LogP contribution in [-0.4, -0.2) is 10.9 Å². The maximum Gasteiger partial charge on any atom is 0.224 e. The van der Waals surface area contributed by atoms with Crippen LogP contribution in [0.4, 0.5) is 0 Å². The smallest absolute Gasteiger partial charge is 0.224 e. The number of carbonyl (C=O) groups excluding carboxylic acids is 1. The number of carbonyl (C=O) groups is 1. The lowest BCUT2D eigenvalue weighted by Crippen LogP contribution is -2.24. The van der Waals surface area contributed by atoms with Crippen molar-refractivity contribution >= 4 is 16.9 Å². The third-order valence-corrected chi connectivity index (χ3v) is 3.12. The van der Waals surface area contributed by atoms with Crippen LogP contribution in [0.5, 0.6) is 0 Å². The van der Waals surface area contributed by atoms with Crippen molar-refractivity contribution in [2.24, 2.45) is 0 Å². The van der Waals surface area contributed by atoms with Gasteiger partial charge in [-0.3, -0.25) is 9.78 Å². The van der Waals surface area contributed by atoms with Gasteiger partial charge in [-0.05, 0) is 17.7 Å². The summed E-state index contributed by atoms with van der Waals surface area (Å²) in [6, 6.07) is 11.5. The van der Waals surface area contributed by atoms with Gasteiger partial charge in [0.25, 0.3) is 0 Å². The zero-order valence-corrected chi connectivity index (χ0v) is 10.9. The Morgan fingerprint density at radius 1 is 1.20 bits per heavy atom. The third kappa shape index (κ3) is 2.69. The van der Waals surface area contributed by atoms with E-state index in [1.807, 2.05) is 36.4 Å². The molecule has 0 aliphatic carbocycles. The minimum atomic E-state index is -0.0274. The standard InChI is InChI=1S/C16H14N2O2/c19-16(18-10-12-4-3-7-17-9-12)8-13-11-20-15-6-2-1-5-14(13)15/h1-7,9,11H,8,10H2,(H,18,19). The second kappa shape index (κ2) is 5.57. The molecule has 3 rings (SSSR count). The van der Waals surface area contributed by atoms with Crippen LogP contribution in [0.15, 0.2) is 59.5 Å². The quantitative estimate of drug-likeness (QED) is 0.790. The summed E-state index contributed by atoms with van der Waals surface area (Å²) in [7, 11) is 0. The molecule has 0 unspecified atom stereocenters. The van der Waals surface area contributed by atoms with Gasteiger partial charge in [-0.15, -0.1) is 0 Å². The summed E-state index contributed by atoms with van der Waals surface area (Å²) < 4.78 is 5.42. The lowest BCUT2D eigenvalue weighted by Gasteiger charge is -2.04. The van der Waals surface area contributed by atoms with Crippen molar-refractivity contribution in [1.29, 1.82) is 0 Å². The first-order valence-corrected chi connectivity index (χ1v) is 6.43. The molecule has 2 aromatic heterocycles. The number of aromatic nitrogens is 1. The molecule has 1 N–H and O–H groups in total. The third-order valence-electron chi connectivity index (χ3n) is 3.12. The van der Waals surface area contributed by atoms with E-state index in [-0.39, 0.29) is 5.91 Å². The van der Waals surface area contributed by atoms with E-state index in [2.05, 4.69) is 10.3 Å². The van der Waals surface area contributed by atoms with Crippen LogP contribution in [0.3, 0.4) is 0 Å². The van der Waals surface area contributed by atoms with E-state index in [0.29, 0.717) is 13.0 Å². The SMILES string of the molecule is O=C(Cc1coc2ccccc12)NCc1cccnc1. The summed E-state index contributed by atoms with van der Waals surface area (Å²) in [5.41, 5.74) is 2.70. The topological polar surface area (TPSA) is 55.1 Å². The number of benzene rings is 1. The molecule has 0 aliphatic rings. The van der Waals surface area contributed by atoms with E-state index in [9.17, 15) is 4.79 Å². The van der Waals surface area contributed by atoms with Crippen LogP contribution >= 0.6 is 0 Å². The fraction of sp³-hybridized carbons (Fsp3) is 0.125. The van der Waals surface area contributed by atoms with Gasteiger partial charge in [0.2, 0.25) is 5.91 Å². The number of hydrogen-bond donors (Lipinski definition) is 1. The highest BCUT2D eigenvalue weighted by atomic mass is 16.3. The molecule has 0 bridgehead atoms. The second-order valence-electron chi connectivity index (χ2n) is 4.57. The number of nitrogens with zero attached hydrogens (tertiary/aromatic N) is 1. The fourth-order valence-corrected chi connectivity index (χ4v) is 2.11. The molecule has 0 spiro atoms. The van der Waals surface area contributed by atoms with Crippen molar-refractivity contribution in [2.45, 2.75) is 13.0 Å². The molecule has 0 atom stereocenters. The summed E-state index contributed by atoms with van der Waals surface area (Å²) in [5, 5.41) is 3.87. The Morgan fingerprint density at radius 3 is 2.95 bits per heavy atom. The maximum atomic E-state index is 12.0. The number of hydrogen-bond acceptors (Lipinski definition) is 3. The average Bonchev–Trinajstić information content (AvgIpc) is 2.90. The summed E-state index contributed by atoms with van der Waals surface area (Å²) in [6.45, 7) is 0.489. The number of furan rings is 1. The molecule has 4 nitrogen and oxygen atoms in total. The van der Waals surface area contributed by atoms with Crippen LogP contribution in [-0.2, 0) is 17.8 Å². The molecular formula is C16H14N2O2. The molecule has 1 aromatic carbocycles. The van der Waals surface area contributed by atoms with Crippen molar-refractivity contribution in [1.82, 2.24) is 10.3 Å². The number of rotatable bonds is 4. The number of amides is 1. The Bertz CT molecular complexity index is 719. The van der Waals surface area contributed by atoms with Crippen LogP contribution in [0.25, 0.3) is 11.0 Å². The first kappa shape index (κ1) is 12.4. The first-order chi connectivity index (χ1) is 9.83. The Labute approximate surface area is 116 Å². The van der Waals surface area contributed by atoms with Gasteiger partial charge in [-0.25, -0.2) is 0 Å². The maximum absolute atomic E-state index is 12.0. The molecule has 0 saturated carbocycles. The van der Waals surface area contributed by atoms with Crippen molar-refractivity contribution in [2.75, 3.05) is 0 Å². The highest BCUT2D eigenvalue weighted by Gasteiger charge is 2.09. The van der Waals surface area contributed by atoms with Crippen molar-refractivity contribution in [3.8, 4) is 0 Å². The summed E-state index contributed by atoms with van der Waals surface area (Å²) in [4.78, 5) is 16.0. The highest BCUT2D eigenvalue weighted by Crippen LogP contribution is 2.20. The van der Waals surface area contributed by atoms with Crippen molar-refractivity contribution in [3.05, 3.63) is 66.2 Å². The highest BCUT2D eigenvalue weighted by molar-refractivity contribution is 5.87. The van der Waals surface area contributed by atoms with Crippen LogP contribution < -0.4 is 5.32 Å². The number of para-hydroxylation sites is 1. The summed E-state index contributed by atoms with van der Waals surface area (Å²) in [6.07, 6.45) is 5.42. The normalized spacial score (nSPS) is 10.6. The summed E-state index contributed by atoms with van der Waals surface area (Å²) >= 11 is 0. The van der Waals surface area contributed by atoms with Gasteiger partial charge in [0, 0.05) is 29.9 Å². The van der Waals surface area contributed by atoms with E-state index in [1.165, 1.54) is 0 Å². The molecule has 100 valence electrons. The van der Waals surface area contributed by atoms with E-state index < -0.39 is 0 Å². The molecule has 1 amide bonds. The van der Waals surface area contributed by atoms with E-state index in [4.69, 9.17) is 4.42 Å². The Balaban J connectivity index is 1.64. The Hall–Kier alpha value is -2.62. The van der Waals surface area contributed by atoms with Gasteiger partial charge in [0.15, 0.2) is 0 Å². The van der Waals surface area contributed by atoms with Gasteiger partial charge in [-0.2, -0.15) is 0 Å². The average molecular weight is 266 g/mol. The lowest BCUT2D eigenvalue weighted by molar-refractivity contribution is -0.120. The predicted octanol–water partition coefficient (Wildman–Crippen LogP) is 2.69. The zero-order valence-electron chi connectivity index (χ0n) is 10.9. The minimum Gasteiger partial charge on any atom is -0.464 e. The van der Waals surface area contributed by atoms with E-state index >= 15 is 0 Å². The van der Waals surface area contributed by atoms with Crippen LogP contribution in [0.1, 0.15) is 11.1 Å².